The first kappa shape index (κ1) is 19.2. The van der Waals surface area contributed by atoms with E-state index in [2.05, 4.69) is 15.3 Å². The van der Waals surface area contributed by atoms with Gasteiger partial charge in [-0.1, -0.05) is 24.3 Å². The lowest BCUT2D eigenvalue weighted by Crippen LogP contribution is -2.42. The Morgan fingerprint density at radius 2 is 2.07 bits per heavy atom. The lowest BCUT2D eigenvalue weighted by atomic mass is 10.1. The molecular formula is C23H26N4O2. The van der Waals surface area contributed by atoms with E-state index in [0.717, 1.165) is 40.9 Å². The molecule has 0 radical (unpaired) electrons. The topological polar surface area (TPSA) is 67.3 Å². The zero-order valence-electron chi connectivity index (χ0n) is 16.8. The van der Waals surface area contributed by atoms with E-state index in [1.54, 1.807) is 11.1 Å². The number of nitrogens with zero attached hydrogens (tertiary/aromatic N) is 3. The van der Waals surface area contributed by atoms with Gasteiger partial charge in [-0.15, -0.1) is 0 Å². The molecule has 1 aliphatic rings. The van der Waals surface area contributed by atoms with E-state index in [1.165, 1.54) is 0 Å². The van der Waals surface area contributed by atoms with E-state index in [-0.39, 0.29) is 12.1 Å². The SMILES string of the molecule is Cc1ccc2cccc(OCCNC(=O)N(C)[C@@H](c3ccccn3)C3CC3)c2n1. The van der Waals surface area contributed by atoms with Gasteiger partial charge in [0.1, 0.15) is 17.9 Å². The van der Waals surface area contributed by atoms with Gasteiger partial charge < -0.3 is 15.0 Å². The molecular weight excluding hydrogens is 364 g/mol. The monoisotopic (exact) mass is 390 g/mol. The standard InChI is InChI=1S/C23H26N4O2/c1-16-9-10-17-6-5-8-20(21(17)26-16)29-15-14-25-23(28)27(2)22(18-11-12-18)19-7-3-4-13-24-19/h3-10,13,18,22H,11-12,14-15H2,1-2H3,(H,25,28)/t22-/m1/s1. The summed E-state index contributed by atoms with van der Waals surface area (Å²) >= 11 is 0. The molecule has 29 heavy (non-hydrogen) atoms. The Bertz CT molecular complexity index is 989. The van der Waals surface area contributed by atoms with Gasteiger partial charge in [0.15, 0.2) is 0 Å². The maximum absolute atomic E-state index is 12.7. The number of fused-ring (bicyclic) bond motifs is 1. The molecule has 1 aliphatic carbocycles. The summed E-state index contributed by atoms with van der Waals surface area (Å²) in [7, 11) is 1.84. The van der Waals surface area contributed by atoms with Crippen LogP contribution in [0.4, 0.5) is 4.79 Å². The van der Waals surface area contributed by atoms with Crippen LogP contribution in [-0.4, -0.2) is 41.1 Å². The van der Waals surface area contributed by atoms with Crippen molar-refractivity contribution < 1.29 is 9.53 Å². The van der Waals surface area contributed by atoms with Crippen molar-refractivity contribution in [1.29, 1.82) is 0 Å². The van der Waals surface area contributed by atoms with Gasteiger partial charge in [-0.25, -0.2) is 9.78 Å². The van der Waals surface area contributed by atoms with Crippen LogP contribution in [0.1, 0.15) is 30.3 Å². The van der Waals surface area contributed by atoms with E-state index in [4.69, 9.17) is 4.74 Å². The highest BCUT2D eigenvalue weighted by Gasteiger charge is 2.37. The fourth-order valence-corrected chi connectivity index (χ4v) is 3.62. The van der Waals surface area contributed by atoms with Crippen LogP contribution in [0.2, 0.25) is 0 Å². The number of aryl methyl sites for hydroxylation is 1. The quantitative estimate of drug-likeness (QED) is 0.617. The molecule has 0 saturated heterocycles. The highest BCUT2D eigenvalue weighted by molar-refractivity contribution is 5.84. The molecule has 6 heteroatoms. The number of para-hydroxylation sites is 1. The first-order valence-corrected chi connectivity index (χ1v) is 10.0. The summed E-state index contributed by atoms with van der Waals surface area (Å²) in [5.74, 6) is 1.22. The Morgan fingerprint density at radius 1 is 1.21 bits per heavy atom. The number of benzene rings is 1. The first-order chi connectivity index (χ1) is 14.1. The minimum absolute atomic E-state index is 0.0161. The van der Waals surface area contributed by atoms with Gasteiger partial charge in [-0.2, -0.15) is 0 Å². The number of pyridine rings is 2. The number of urea groups is 1. The second kappa shape index (κ2) is 8.47. The van der Waals surface area contributed by atoms with Gasteiger partial charge >= 0.3 is 6.03 Å². The third kappa shape index (κ3) is 4.47. The van der Waals surface area contributed by atoms with Gasteiger partial charge in [-0.3, -0.25) is 4.98 Å². The molecule has 0 aliphatic heterocycles. The summed E-state index contributed by atoms with van der Waals surface area (Å²) < 4.78 is 5.90. The predicted molar refractivity (Wildman–Crippen MR) is 113 cm³/mol. The highest BCUT2D eigenvalue weighted by atomic mass is 16.5. The molecule has 2 aromatic heterocycles. The first-order valence-electron chi connectivity index (χ1n) is 10.0. The number of amides is 2. The molecule has 1 saturated carbocycles. The van der Waals surface area contributed by atoms with Crippen molar-refractivity contribution in [2.75, 3.05) is 20.2 Å². The molecule has 2 heterocycles. The number of hydrogen-bond acceptors (Lipinski definition) is 4. The number of carbonyl (C=O) groups is 1. The normalized spacial score (nSPS) is 14.4. The van der Waals surface area contributed by atoms with Crippen molar-refractivity contribution in [2.45, 2.75) is 25.8 Å². The summed E-state index contributed by atoms with van der Waals surface area (Å²) in [6, 6.07) is 15.7. The van der Waals surface area contributed by atoms with Gasteiger partial charge in [0.2, 0.25) is 0 Å². The maximum Gasteiger partial charge on any atom is 0.317 e. The lowest BCUT2D eigenvalue weighted by molar-refractivity contribution is 0.179. The Labute approximate surface area is 170 Å². The average molecular weight is 390 g/mol. The van der Waals surface area contributed by atoms with Crippen LogP contribution in [0.25, 0.3) is 10.9 Å². The van der Waals surface area contributed by atoms with Crippen LogP contribution in [0.3, 0.4) is 0 Å². The van der Waals surface area contributed by atoms with Gasteiger partial charge in [-0.05, 0) is 49.9 Å². The molecule has 4 rings (SSSR count). The van der Waals surface area contributed by atoms with Gasteiger partial charge in [0.05, 0.1) is 18.3 Å². The van der Waals surface area contributed by atoms with E-state index < -0.39 is 0 Å². The number of aromatic nitrogens is 2. The summed E-state index contributed by atoms with van der Waals surface area (Å²) in [4.78, 5) is 23.5. The summed E-state index contributed by atoms with van der Waals surface area (Å²) in [5, 5.41) is 4.00. The number of rotatable bonds is 7. The molecule has 0 spiro atoms. The van der Waals surface area contributed by atoms with E-state index in [9.17, 15) is 4.79 Å². The Balaban J connectivity index is 1.34. The summed E-state index contributed by atoms with van der Waals surface area (Å²) in [6.45, 7) is 2.77. The zero-order chi connectivity index (χ0) is 20.2. The molecule has 0 bridgehead atoms. The van der Waals surface area contributed by atoms with Crippen molar-refractivity contribution in [3.8, 4) is 5.75 Å². The van der Waals surface area contributed by atoms with Crippen LogP contribution in [0.15, 0.2) is 54.7 Å². The fraction of sp³-hybridized carbons (Fsp3) is 0.348. The molecule has 3 aromatic rings. The Morgan fingerprint density at radius 3 is 2.83 bits per heavy atom. The van der Waals surface area contributed by atoms with E-state index in [1.807, 2.05) is 62.5 Å². The van der Waals surface area contributed by atoms with Crippen molar-refractivity contribution in [2.24, 2.45) is 5.92 Å². The lowest BCUT2D eigenvalue weighted by Gasteiger charge is -2.28. The van der Waals surface area contributed by atoms with Crippen molar-refractivity contribution in [3.05, 3.63) is 66.1 Å². The van der Waals surface area contributed by atoms with Crippen molar-refractivity contribution >= 4 is 16.9 Å². The van der Waals surface area contributed by atoms with Crippen LogP contribution >= 0.6 is 0 Å². The molecule has 0 unspecified atom stereocenters. The minimum Gasteiger partial charge on any atom is -0.489 e. The molecule has 1 aromatic carbocycles. The van der Waals surface area contributed by atoms with Crippen LogP contribution < -0.4 is 10.1 Å². The second-order valence-corrected chi connectivity index (χ2v) is 7.51. The van der Waals surface area contributed by atoms with Crippen LogP contribution in [0, 0.1) is 12.8 Å². The third-order valence-corrected chi connectivity index (χ3v) is 5.26. The van der Waals surface area contributed by atoms with Gasteiger partial charge in [0, 0.05) is 24.3 Å². The number of hydrogen-bond donors (Lipinski definition) is 1. The highest BCUT2D eigenvalue weighted by Crippen LogP contribution is 2.43. The Hall–Kier alpha value is -3.15. The third-order valence-electron chi connectivity index (χ3n) is 5.26. The largest absolute Gasteiger partial charge is 0.489 e. The van der Waals surface area contributed by atoms with E-state index >= 15 is 0 Å². The minimum atomic E-state index is -0.108. The van der Waals surface area contributed by atoms with Crippen molar-refractivity contribution in [3.63, 3.8) is 0 Å². The zero-order valence-corrected chi connectivity index (χ0v) is 16.8. The maximum atomic E-state index is 12.7. The molecule has 2 amide bonds. The molecule has 1 N–H and O–H groups in total. The Kier molecular flexibility index (Phi) is 5.60. The molecule has 6 nitrogen and oxygen atoms in total. The van der Waals surface area contributed by atoms with Crippen LogP contribution in [-0.2, 0) is 0 Å². The van der Waals surface area contributed by atoms with E-state index in [0.29, 0.717) is 19.1 Å². The molecule has 1 fully saturated rings. The average Bonchev–Trinajstić information content (AvgIpc) is 3.57. The summed E-state index contributed by atoms with van der Waals surface area (Å²) in [6.07, 6.45) is 4.05. The number of carbonyl (C=O) groups excluding carboxylic acids is 1. The fourth-order valence-electron chi connectivity index (χ4n) is 3.62. The predicted octanol–water partition coefficient (Wildman–Crippen LogP) is 4.11. The van der Waals surface area contributed by atoms with Crippen molar-refractivity contribution in [1.82, 2.24) is 20.2 Å². The van der Waals surface area contributed by atoms with Gasteiger partial charge in [0.25, 0.3) is 0 Å². The molecule has 1 atom stereocenters. The molecule has 150 valence electrons. The second-order valence-electron chi connectivity index (χ2n) is 7.51. The number of nitrogens with one attached hydrogen (secondary N) is 1. The number of ether oxygens (including phenoxy) is 1. The van der Waals surface area contributed by atoms with Crippen LogP contribution in [0.5, 0.6) is 5.75 Å². The summed E-state index contributed by atoms with van der Waals surface area (Å²) in [5.41, 5.74) is 2.74. The smallest absolute Gasteiger partial charge is 0.317 e.